The molecule has 0 radical (unpaired) electrons. The van der Waals surface area contributed by atoms with Crippen molar-refractivity contribution in [2.45, 2.75) is 6.18 Å². The standard InChI is InChI=1S/C8H7F3N2O2/c1-15-7(14)4-2-6(8(9,10)11)13-3-5(4)12/h2-3H,12H2,1H3. The lowest BCUT2D eigenvalue weighted by Crippen LogP contribution is -2.13. The first-order chi connectivity index (χ1) is 6.86. The molecule has 15 heavy (non-hydrogen) atoms. The summed E-state index contributed by atoms with van der Waals surface area (Å²) in [6, 6.07) is 0.557. The summed E-state index contributed by atoms with van der Waals surface area (Å²) in [5, 5.41) is 0. The monoisotopic (exact) mass is 220 g/mol. The molecule has 0 saturated heterocycles. The molecule has 0 spiro atoms. The highest BCUT2D eigenvalue weighted by molar-refractivity contribution is 5.94. The molecule has 0 unspecified atom stereocenters. The van der Waals surface area contributed by atoms with E-state index in [4.69, 9.17) is 5.73 Å². The van der Waals surface area contributed by atoms with E-state index in [1.165, 1.54) is 0 Å². The summed E-state index contributed by atoms with van der Waals surface area (Å²) in [5.41, 5.74) is 3.59. The Labute approximate surface area is 82.9 Å². The molecule has 1 rings (SSSR count). The SMILES string of the molecule is COC(=O)c1cc(C(F)(F)F)ncc1N. The van der Waals surface area contributed by atoms with E-state index >= 15 is 0 Å². The highest BCUT2D eigenvalue weighted by atomic mass is 19.4. The van der Waals surface area contributed by atoms with E-state index < -0.39 is 17.8 Å². The van der Waals surface area contributed by atoms with Gasteiger partial charge in [-0.1, -0.05) is 0 Å². The zero-order valence-corrected chi connectivity index (χ0v) is 7.63. The molecule has 0 aliphatic rings. The van der Waals surface area contributed by atoms with Crippen LogP contribution in [0.4, 0.5) is 18.9 Å². The third-order valence-electron chi connectivity index (χ3n) is 1.63. The quantitative estimate of drug-likeness (QED) is 0.728. The second-order valence-corrected chi connectivity index (χ2v) is 2.65. The van der Waals surface area contributed by atoms with Gasteiger partial charge in [0.05, 0.1) is 24.6 Å². The number of pyridine rings is 1. The zero-order valence-electron chi connectivity index (χ0n) is 7.63. The number of hydrogen-bond donors (Lipinski definition) is 1. The Hall–Kier alpha value is -1.79. The number of carbonyl (C=O) groups excluding carboxylic acids is 1. The van der Waals surface area contributed by atoms with Gasteiger partial charge in [-0.05, 0) is 6.07 Å². The van der Waals surface area contributed by atoms with Gasteiger partial charge in [-0.25, -0.2) is 9.78 Å². The van der Waals surface area contributed by atoms with Gasteiger partial charge in [0.1, 0.15) is 5.69 Å². The molecule has 4 nitrogen and oxygen atoms in total. The van der Waals surface area contributed by atoms with E-state index in [9.17, 15) is 18.0 Å². The summed E-state index contributed by atoms with van der Waals surface area (Å²) in [6.07, 6.45) is -3.84. The van der Waals surface area contributed by atoms with Crippen molar-refractivity contribution in [3.63, 3.8) is 0 Å². The van der Waals surface area contributed by atoms with Crippen molar-refractivity contribution in [3.8, 4) is 0 Å². The average molecular weight is 220 g/mol. The Bertz CT molecular complexity index is 390. The van der Waals surface area contributed by atoms with Crippen molar-refractivity contribution in [2.75, 3.05) is 12.8 Å². The van der Waals surface area contributed by atoms with Gasteiger partial charge in [-0.15, -0.1) is 0 Å². The highest BCUT2D eigenvalue weighted by Gasteiger charge is 2.33. The third kappa shape index (κ3) is 2.36. The molecule has 0 amide bonds. The summed E-state index contributed by atoms with van der Waals surface area (Å²) in [6.45, 7) is 0. The average Bonchev–Trinajstić information content (AvgIpc) is 2.15. The highest BCUT2D eigenvalue weighted by Crippen LogP contribution is 2.29. The maximum Gasteiger partial charge on any atom is 0.433 e. The van der Waals surface area contributed by atoms with E-state index in [1.54, 1.807) is 0 Å². The molecule has 82 valence electrons. The maximum absolute atomic E-state index is 12.2. The number of methoxy groups -OCH3 is 1. The molecule has 0 bridgehead atoms. The number of halogens is 3. The molecule has 0 aliphatic carbocycles. The van der Waals surface area contributed by atoms with E-state index in [0.29, 0.717) is 6.07 Å². The Balaban J connectivity index is 3.23. The number of alkyl halides is 3. The molecule has 0 atom stereocenters. The van der Waals surface area contributed by atoms with Gasteiger partial charge in [0.2, 0.25) is 0 Å². The van der Waals surface area contributed by atoms with E-state index in [-0.39, 0.29) is 11.3 Å². The fourth-order valence-electron chi connectivity index (χ4n) is 0.908. The van der Waals surface area contributed by atoms with Gasteiger partial charge in [0.15, 0.2) is 0 Å². The predicted octanol–water partition coefficient (Wildman–Crippen LogP) is 1.47. The summed E-state index contributed by atoms with van der Waals surface area (Å²) >= 11 is 0. The van der Waals surface area contributed by atoms with Gasteiger partial charge in [0.25, 0.3) is 0 Å². The normalized spacial score (nSPS) is 11.2. The number of nitrogens with two attached hydrogens (primary N) is 1. The van der Waals surface area contributed by atoms with Gasteiger partial charge >= 0.3 is 12.1 Å². The smallest absolute Gasteiger partial charge is 0.433 e. The van der Waals surface area contributed by atoms with Crippen LogP contribution in [0.25, 0.3) is 0 Å². The number of rotatable bonds is 1. The number of anilines is 1. The van der Waals surface area contributed by atoms with Crippen LogP contribution in [0.3, 0.4) is 0 Å². The molecule has 0 fully saturated rings. The van der Waals surface area contributed by atoms with Gasteiger partial charge in [0, 0.05) is 0 Å². The Morgan fingerprint density at radius 3 is 2.60 bits per heavy atom. The van der Waals surface area contributed by atoms with Crippen LogP contribution in [0.1, 0.15) is 16.1 Å². The van der Waals surface area contributed by atoms with Gasteiger partial charge in [-0.2, -0.15) is 13.2 Å². The van der Waals surface area contributed by atoms with Crippen LogP contribution >= 0.6 is 0 Å². The Morgan fingerprint density at radius 1 is 1.53 bits per heavy atom. The topological polar surface area (TPSA) is 65.2 Å². The predicted molar refractivity (Wildman–Crippen MR) is 45.0 cm³/mol. The number of ether oxygens (including phenoxy) is 1. The second-order valence-electron chi connectivity index (χ2n) is 2.65. The molecular weight excluding hydrogens is 213 g/mol. The molecule has 0 aromatic carbocycles. The number of hydrogen-bond acceptors (Lipinski definition) is 4. The maximum atomic E-state index is 12.2. The molecule has 7 heteroatoms. The van der Waals surface area contributed by atoms with E-state index in [2.05, 4.69) is 9.72 Å². The molecule has 0 saturated carbocycles. The number of nitrogens with zero attached hydrogens (tertiary/aromatic N) is 1. The van der Waals surface area contributed by atoms with Crippen LogP contribution in [0, 0.1) is 0 Å². The fraction of sp³-hybridized carbons (Fsp3) is 0.250. The van der Waals surface area contributed by atoms with Crippen LogP contribution in [0.2, 0.25) is 0 Å². The van der Waals surface area contributed by atoms with E-state index in [0.717, 1.165) is 13.3 Å². The number of esters is 1. The lowest BCUT2D eigenvalue weighted by molar-refractivity contribution is -0.141. The van der Waals surface area contributed by atoms with Gasteiger partial charge < -0.3 is 10.5 Å². The van der Waals surface area contributed by atoms with Gasteiger partial charge in [-0.3, -0.25) is 0 Å². The van der Waals surface area contributed by atoms with Crippen LogP contribution in [-0.2, 0) is 10.9 Å². The first-order valence-electron chi connectivity index (χ1n) is 3.77. The first kappa shape index (κ1) is 11.3. The lowest BCUT2D eigenvalue weighted by atomic mass is 10.2. The van der Waals surface area contributed by atoms with Crippen molar-refractivity contribution in [2.24, 2.45) is 0 Å². The van der Waals surface area contributed by atoms with E-state index in [1.807, 2.05) is 0 Å². The molecule has 2 N–H and O–H groups in total. The Morgan fingerprint density at radius 2 is 2.13 bits per heavy atom. The molecule has 1 aromatic rings. The number of aromatic nitrogens is 1. The molecule has 1 aromatic heterocycles. The fourth-order valence-corrected chi connectivity index (χ4v) is 0.908. The zero-order chi connectivity index (χ0) is 11.6. The minimum atomic E-state index is -4.61. The molecule has 0 aliphatic heterocycles. The van der Waals surface area contributed by atoms with Crippen molar-refractivity contribution in [1.29, 1.82) is 0 Å². The van der Waals surface area contributed by atoms with Crippen LogP contribution in [-0.4, -0.2) is 18.1 Å². The Kier molecular flexibility index (Phi) is 2.83. The lowest BCUT2D eigenvalue weighted by Gasteiger charge is -2.08. The summed E-state index contributed by atoms with van der Waals surface area (Å²) in [7, 11) is 1.05. The minimum absolute atomic E-state index is 0.158. The van der Waals surface area contributed by atoms with Crippen molar-refractivity contribution >= 4 is 11.7 Å². The first-order valence-corrected chi connectivity index (χ1v) is 3.77. The summed E-state index contributed by atoms with van der Waals surface area (Å²) in [4.78, 5) is 14.1. The minimum Gasteiger partial charge on any atom is -0.465 e. The largest absolute Gasteiger partial charge is 0.465 e. The summed E-state index contributed by atoms with van der Waals surface area (Å²) < 4.78 is 40.9. The van der Waals surface area contributed by atoms with Crippen molar-refractivity contribution in [3.05, 3.63) is 23.5 Å². The summed E-state index contributed by atoms with van der Waals surface area (Å²) in [5.74, 6) is -0.930. The van der Waals surface area contributed by atoms with Crippen LogP contribution < -0.4 is 5.73 Å². The van der Waals surface area contributed by atoms with Crippen molar-refractivity contribution < 1.29 is 22.7 Å². The third-order valence-corrected chi connectivity index (χ3v) is 1.63. The number of nitrogen functional groups attached to an aromatic ring is 1. The molecule has 1 heterocycles. The van der Waals surface area contributed by atoms with Crippen LogP contribution in [0.5, 0.6) is 0 Å². The second kappa shape index (κ2) is 3.76. The van der Waals surface area contributed by atoms with Crippen LogP contribution in [0.15, 0.2) is 12.3 Å². The molecular formula is C8H7F3N2O2. The van der Waals surface area contributed by atoms with Crippen molar-refractivity contribution in [1.82, 2.24) is 4.98 Å². The number of carbonyl (C=O) groups is 1.